The number of benzene rings is 1. The SMILES string of the molecule is CCCc1cn(-c2nnnn2CCC)c(=O)n1Cc1cnccc1-c1ccccc1-c1nn[nH]n1. The summed E-state index contributed by atoms with van der Waals surface area (Å²) in [4.78, 5) is 17.9. The Morgan fingerprint density at radius 2 is 1.86 bits per heavy atom. The summed E-state index contributed by atoms with van der Waals surface area (Å²) in [6.45, 7) is 5.10. The average molecular weight is 472 g/mol. The normalized spacial score (nSPS) is 11.3. The Morgan fingerprint density at radius 3 is 2.63 bits per heavy atom. The Kier molecular flexibility index (Phi) is 6.24. The van der Waals surface area contributed by atoms with Crippen molar-refractivity contribution in [3.8, 4) is 28.5 Å². The third-order valence-electron chi connectivity index (χ3n) is 5.77. The first-order chi connectivity index (χ1) is 17.2. The van der Waals surface area contributed by atoms with Crippen molar-refractivity contribution in [3.05, 3.63) is 70.7 Å². The van der Waals surface area contributed by atoms with Gasteiger partial charge in [0.2, 0.25) is 5.82 Å². The quantitative estimate of drug-likeness (QED) is 0.346. The van der Waals surface area contributed by atoms with Gasteiger partial charge in [0.05, 0.1) is 6.54 Å². The van der Waals surface area contributed by atoms with E-state index in [-0.39, 0.29) is 5.69 Å². The number of pyridine rings is 1. The van der Waals surface area contributed by atoms with Gasteiger partial charge >= 0.3 is 5.69 Å². The first-order valence-electron chi connectivity index (χ1n) is 11.5. The van der Waals surface area contributed by atoms with E-state index in [1.807, 2.05) is 43.5 Å². The lowest BCUT2D eigenvalue weighted by Crippen LogP contribution is -2.27. The highest BCUT2D eigenvalue weighted by Gasteiger charge is 2.19. The summed E-state index contributed by atoms with van der Waals surface area (Å²) >= 11 is 0. The molecule has 0 fully saturated rings. The molecule has 0 amide bonds. The fourth-order valence-electron chi connectivity index (χ4n) is 4.20. The zero-order chi connectivity index (χ0) is 24.2. The van der Waals surface area contributed by atoms with Crippen LogP contribution in [0, 0.1) is 0 Å². The molecule has 1 N–H and O–H groups in total. The molecule has 0 aliphatic carbocycles. The van der Waals surface area contributed by atoms with Crippen LogP contribution in [-0.2, 0) is 19.5 Å². The Morgan fingerprint density at radius 1 is 1.00 bits per heavy atom. The maximum atomic E-state index is 13.6. The van der Waals surface area contributed by atoms with Crippen LogP contribution in [0.15, 0.2) is 53.7 Å². The molecular weight excluding hydrogens is 446 g/mol. The summed E-state index contributed by atoms with van der Waals surface area (Å²) in [7, 11) is 0. The lowest BCUT2D eigenvalue weighted by Gasteiger charge is -2.13. The molecule has 0 spiro atoms. The molecule has 5 rings (SSSR count). The molecule has 1 aromatic carbocycles. The first-order valence-corrected chi connectivity index (χ1v) is 11.5. The van der Waals surface area contributed by atoms with E-state index >= 15 is 0 Å². The van der Waals surface area contributed by atoms with Crippen LogP contribution in [0.3, 0.4) is 0 Å². The van der Waals surface area contributed by atoms with Gasteiger partial charge in [-0.1, -0.05) is 49.6 Å². The molecule has 0 saturated carbocycles. The summed E-state index contributed by atoms with van der Waals surface area (Å²) in [5.74, 6) is 0.919. The van der Waals surface area contributed by atoms with Crippen LogP contribution in [0.1, 0.15) is 37.9 Å². The van der Waals surface area contributed by atoms with Gasteiger partial charge in [-0.15, -0.1) is 10.2 Å². The monoisotopic (exact) mass is 471 g/mol. The number of tetrazole rings is 2. The van der Waals surface area contributed by atoms with E-state index in [0.717, 1.165) is 47.2 Å². The number of hydrogen-bond donors (Lipinski definition) is 1. The number of aryl methyl sites for hydroxylation is 2. The fourth-order valence-corrected chi connectivity index (χ4v) is 4.20. The van der Waals surface area contributed by atoms with Crippen LogP contribution < -0.4 is 5.69 Å². The smallest absolute Gasteiger partial charge is 0.291 e. The molecule has 12 nitrogen and oxygen atoms in total. The molecule has 0 aliphatic rings. The highest BCUT2D eigenvalue weighted by Crippen LogP contribution is 2.32. The van der Waals surface area contributed by atoms with Crippen LogP contribution in [-0.4, -0.2) is 54.9 Å². The first kappa shape index (κ1) is 22.3. The van der Waals surface area contributed by atoms with Crippen molar-refractivity contribution < 1.29 is 0 Å². The van der Waals surface area contributed by atoms with Gasteiger partial charge in [0, 0.05) is 36.4 Å². The zero-order valence-electron chi connectivity index (χ0n) is 19.5. The third kappa shape index (κ3) is 4.25. The van der Waals surface area contributed by atoms with E-state index in [4.69, 9.17) is 0 Å². The van der Waals surface area contributed by atoms with Crippen LogP contribution in [0.25, 0.3) is 28.5 Å². The van der Waals surface area contributed by atoms with Crippen LogP contribution in [0.5, 0.6) is 0 Å². The number of hydrogen-bond acceptors (Lipinski definition) is 8. The predicted octanol–water partition coefficient (Wildman–Crippen LogP) is 2.28. The third-order valence-corrected chi connectivity index (χ3v) is 5.77. The molecule has 12 heteroatoms. The molecule has 0 radical (unpaired) electrons. The molecule has 0 aliphatic heterocycles. The van der Waals surface area contributed by atoms with E-state index in [2.05, 4.69) is 48.1 Å². The lowest BCUT2D eigenvalue weighted by atomic mass is 9.96. The topological polar surface area (TPSA) is 138 Å². The van der Waals surface area contributed by atoms with Crippen molar-refractivity contribution in [2.24, 2.45) is 0 Å². The largest absolute Gasteiger partial charge is 0.335 e. The Hall–Kier alpha value is -4.48. The Balaban J connectivity index is 1.60. The standard InChI is InChI=1S/C23H25N11O/c1-3-7-17-15-33(22-27-30-31-34(22)12-4-2)23(35)32(17)14-16-13-24-11-10-18(16)19-8-5-6-9-20(19)21-25-28-29-26-21/h5-6,8-11,13,15H,3-4,7,12,14H2,1-2H3,(H,25,26,28,29). The van der Waals surface area contributed by atoms with Crippen molar-refractivity contribution in [1.29, 1.82) is 0 Å². The summed E-state index contributed by atoms with van der Waals surface area (Å²) in [5.41, 5.74) is 4.33. The van der Waals surface area contributed by atoms with Gasteiger partial charge in [-0.25, -0.2) is 14.0 Å². The molecule has 0 saturated heterocycles. The number of nitrogens with zero attached hydrogens (tertiary/aromatic N) is 10. The molecule has 178 valence electrons. The van der Waals surface area contributed by atoms with Crippen molar-refractivity contribution in [1.82, 2.24) is 54.9 Å². The molecule has 4 heterocycles. The van der Waals surface area contributed by atoms with E-state index in [1.54, 1.807) is 21.6 Å². The summed E-state index contributed by atoms with van der Waals surface area (Å²) < 4.78 is 4.95. The van der Waals surface area contributed by atoms with Gasteiger partial charge in [-0.3, -0.25) is 9.55 Å². The van der Waals surface area contributed by atoms with E-state index in [0.29, 0.717) is 24.9 Å². The minimum Gasteiger partial charge on any atom is -0.291 e. The van der Waals surface area contributed by atoms with Gasteiger partial charge in [-0.2, -0.15) is 5.21 Å². The van der Waals surface area contributed by atoms with Crippen LogP contribution in [0.4, 0.5) is 0 Å². The molecular formula is C23H25N11O. The van der Waals surface area contributed by atoms with Gasteiger partial charge < -0.3 is 0 Å². The molecule has 4 aromatic heterocycles. The van der Waals surface area contributed by atoms with Gasteiger partial charge in [-0.05, 0) is 51.2 Å². The van der Waals surface area contributed by atoms with Crippen molar-refractivity contribution >= 4 is 0 Å². The second-order valence-corrected chi connectivity index (χ2v) is 8.13. The summed E-state index contributed by atoms with van der Waals surface area (Å²) in [6.07, 6.45) is 7.87. The average Bonchev–Trinajstić information content (AvgIpc) is 3.63. The minimum atomic E-state index is -0.193. The summed E-state index contributed by atoms with van der Waals surface area (Å²) in [6, 6.07) is 9.79. The maximum Gasteiger partial charge on any atom is 0.335 e. The zero-order valence-corrected chi connectivity index (χ0v) is 19.5. The second kappa shape index (κ2) is 9.79. The molecule has 0 bridgehead atoms. The van der Waals surface area contributed by atoms with Crippen LogP contribution >= 0.6 is 0 Å². The highest BCUT2D eigenvalue weighted by molar-refractivity contribution is 5.81. The highest BCUT2D eigenvalue weighted by atomic mass is 16.2. The number of nitrogens with one attached hydrogen (secondary N) is 1. The number of aromatic amines is 1. The lowest BCUT2D eigenvalue weighted by molar-refractivity contribution is 0.562. The van der Waals surface area contributed by atoms with Gasteiger partial charge in [0.25, 0.3) is 5.95 Å². The Labute approximate surface area is 200 Å². The Bertz CT molecular complexity index is 1480. The number of aromatic nitrogens is 11. The number of H-pyrrole nitrogens is 1. The second-order valence-electron chi connectivity index (χ2n) is 8.13. The van der Waals surface area contributed by atoms with E-state index in [1.165, 1.54) is 4.57 Å². The fraction of sp³-hybridized carbons (Fsp3) is 0.304. The number of imidazole rings is 1. The summed E-state index contributed by atoms with van der Waals surface area (Å²) in [5, 5.41) is 26.4. The van der Waals surface area contributed by atoms with Gasteiger partial charge in [0.1, 0.15) is 0 Å². The van der Waals surface area contributed by atoms with Crippen molar-refractivity contribution in [2.75, 3.05) is 0 Å². The van der Waals surface area contributed by atoms with Gasteiger partial charge in [0.15, 0.2) is 0 Å². The predicted molar refractivity (Wildman–Crippen MR) is 128 cm³/mol. The molecule has 0 atom stereocenters. The van der Waals surface area contributed by atoms with E-state index in [9.17, 15) is 4.79 Å². The van der Waals surface area contributed by atoms with Crippen molar-refractivity contribution in [2.45, 2.75) is 46.2 Å². The number of rotatable bonds is 9. The maximum absolute atomic E-state index is 13.6. The molecule has 0 unspecified atom stereocenters. The van der Waals surface area contributed by atoms with Crippen molar-refractivity contribution in [3.63, 3.8) is 0 Å². The minimum absolute atomic E-state index is 0.193. The van der Waals surface area contributed by atoms with Crippen LogP contribution in [0.2, 0.25) is 0 Å². The van der Waals surface area contributed by atoms with E-state index < -0.39 is 0 Å². The molecule has 35 heavy (non-hydrogen) atoms. The molecule has 5 aromatic rings.